The van der Waals surface area contributed by atoms with Gasteiger partial charge in [-0.25, -0.2) is 0 Å². The van der Waals surface area contributed by atoms with Crippen LogP contribution in [0.15, 0.2) is 24.3 Å². The van der Waals surface area contributed by atoms with E-state index >= 15 is 0 Å². The van der Waals surface area contributed by atoms with Gasteiger partial charge in [0.25, 0.3) is 0 Å². The molecule has 0 N–H and O–H groups in total. The van der Waals surface area contributed by atoms with Crippen LogP contribution in [-0.2, 0) is 0 Å². The van der Waals surface area contributed by atoms with E-state index in [9.17, 15) is 0 Å². The van der Waals surface area contributed by atoms with Gasteiger partial charge in [-0.05, 0) is 6.07 Å². The molecule has 0 fully saturated rings. The molecule has 0 amide bonds. The number of thiol groups is 1. The number of benzene rings is 1. The second-order valence-electron chi connectivity index (χ2n) is 1.78. The Kier molecular flexibility index (Phi) is 2.72. The van der Waals surface area contributed by atoms with Crippen LogP contribution in [0, 0.1) is 0 Å². The molecule has 0 unspecified atom stereocenters. The maximum atomic E-state index is 5.78. The maximum Gasteiger partial charge on any atom is 0.0762 e. The zero-order valence-corrected chi connectivity index (χ0v) is 7.51. The van der Waals surface area contributed by atoms with Gasteiger partial charge in [0.05, 0.1) is 4.20 Å². The fourth-order valence-corrected chi connectivity index (χ4v) is 1.36. The normalized spacial score (nSPS) is 9.40. The fraction of sp³-hybridized carbons (Fsp3) is 0. The molecule has 52 valence electrons. The van der Waals surface area contributed by atoms with Crippen LogP contribution in [0.3, 0.4) is 0 Å². The van der Waals surface area contributed by atoms with E-state index < -0.39 is 0 Å². The van der Waals surface area contributed by atoms with E-state index in [0.29, 0.717) is 9.22 Å². The predicted molar refractivity (Wildman–Crippen MR) is 52.1 cm³/mol. The lowest BCUT2D eigenvalue weighted by Crippen LogP contribution is -1.86. The molecule has 1 aromatic rings. The molecule has 0 spiro atoms. The summed E-state index contributed by atoms with van der Waals surface area (Å²) in [6.07, 6.45) is 0. The van der Waals surface area contributed by atoms with Crippen molar-refractivity contribution in [2.24, 2.45) is 0 Å². The van der Waals surface area contributed by atoms with Gasteiger partial charge in [0, 0.05) is 10.6 Å². The minimum absolute atomic E-state index is 0.533. The Morgan fingerprint density at radius 1 is 1.40 bits per heavy atom. The highest BCUT2D eigenvalue weighted by atomic mass is 35.5. The van der Waals surface area contributed by atoms with Crippen molar-refractivity contribution in [3.63, 3.8) is 0 Å². The minimum Gasteiger partial charge on any atom is -0.131 e. The molecule has 1 rings (SSSR count). The van der Waals surface area contributed by atoms with E-state index in [0.717, 1.165) is 5.56 Å². The van der Waals surface area contributed by atoms with Crippen molar-refractivity contribution in [2.75, 3.05) is 0 Å². The Bertz CT molecular complexity index is 258. The van der Waals surface area contributed by atoms with Gasteiger partial charge >= 0.3 is 0 Å². The van der Waals surface area contributed by atoms with Crippen LogP contribution >= 0.6 is 36.4 Å². The Labute approximate surface area is 75.6 Å². The summed E-state index contributed by atoms with van der Waals surface area (Å²) in [5, 5.41) is 0.655. The topological polar surface area (TPSA) is 0 Å². The van der Waals surface area contributed by atoms with Crippen LogP contribution < -0.4 is 0 Å². The standard InChI is InChI=1S/C7H5ClS2/c8-6-4-2-1-3-5(6)7(9)10/h1-4H,(H,9,10). The Hall–Kier alpha value is -0.0500. The molecule has 3 heteroatoms. The molecule has 1 aromatic carbocycles. The lowest BCUT2D eigenvalue weighted by atomic mass is 10.2. The zero-order valence-electron chi connectivity index (χ0n) is 5.04. The van der Waals surface area contributed by atoms with Crippen LogP contribution in [0.25, 0.3) is 0 Å². The molecule has 0 heterocycles. The van der Waals surface area contributed by atoms with Gasteiger partial charge in [-0.15, -0.1) is 12.6 Å². The summed E-state index contributed by atoms with van der Waals surface area (Å²) in [6.45, 7) is 0. The Morgan fingerprint density at radius 3 is 2.40 bits per heavy atom. The summed E-state index contributed by atoms with van der Waals surface area (Å²) in [6, 6.07) is 7.37. The third-order valence-electron chi connectivity index (χ3n) is 1.10. The zero-order chi connectivity index (χ0) is 7.56. The van der Waals surface area contributed by atoms with E-state index in [4.69, 9.17) is 23.8 Å². The highest BCUT2D eigenvalue weighted by Crippen LogP contribution is 2.16. The molecular formula is C7H5ClS2. The third kappa shape index (κ3) is 1.72. The molecule has 0 saturated heterocycles. The molecule has 0 aromatic heterocycles. The second kappa shape index (κ2) is 3.37. The van der Waals surface area contributed by atoms with Gasteiger partial charge in [-0.2, -0.15) is 0 Å². The predicted octanol–water partition coefficient (Wildman–Crippen LogP) is 2.95. The molecule has 0 saturated carbocycles. The van der Waals surface area contributed by atoms with Crippen molar-refractivity contribution in [1.29, 1.82) is 0 Å². The van der Waals surface area contributed by atoms with Crippen molar-refractivity contribution < 1.29 is 0 Å². The first-order valence-electron chi connectivity index (χ1n) is 2.69. The average Bonchev–Trinajstić information content (AvgIpc) is 1.88. The number of halogens is 1. The van der Waals surface area contributed by atoms with Gasteiger partial charge in [0.15, 0.2) is 0 Å². The van der Waals surface area contributed by atoms with E-state index in [-0.39, 0.29) is 0 Å². The van der Waals surface area contributed by atoms with E-state index in [1.165, 1.54) is 0 Å². The molecule has 0 bridgehead atoms. The Morgan fingerprint density at radius 2 is 2.00 bits per heavy atom. The quantitative estimate of drug-likeness (QED) is 0.523. The second-order valence-corrected chi connectivity index (χ2v) is 3.35. The summed E-state index contributed by atoms with van der Waals surface area (Å²) in [4.78, 5) is 0. The van der Waals surface area contributed by atoms with E-state index in [1.54, 1.807) is 6.07 Å². The highest BCUT2D eigenvalue weighted by molar-refractivity contribution is 8.11. The largest absolute Gasteiger partial charge is 0.131 e. The molecule has 0 aliphatic heterocycles. The first kappa shape index (κ1) is 8.05. The maximum absolute atomic E-state index is 5.78. The summed E-state index contributed by atoms with van der Waals surface area (Å²) in [5.74, 6) is 0. The van der Waals surface area contributed by atoms with Crippen LogP contribution in [0.1, 0.15) is 5.56 Å². The van der Waals surface area contributed by atoms with Gasteiger partial charge in [0.1, 0.15) is 0 Å². The van der Waals surface area contributed by atoms with Crippen LogP contribution in [0.2, 0.25) is 5.02 Å². The SMILES string of the molecule is S=C(S)c1ccccc1Cl. The number of hydrogen-bond donors (Lipinski definition) is 1. The fourth-order valence-electron chi connectivity index (χ4n) is 0.635. The summed E-state index contributed by atoms with van der Waals surface area (Å²) >= 11 is 14.6. The highest BCUT2D eigenvalue weighted by Gasteiger charge is 1.98. The molecule has 0 nitrogen and oxygen atoms in total. The summed E-state index contributed by atoms with van der Waals surface area (Å²) in [7, 11) is 0. The molecule has 0 aliphatic carbocycles. The van der Waals surface area contributed by atoms with E-state index in [2.05, 4.69) is 12.6 Å². The summed E-state index contributed by atoms with van der Waals surface area (Å²) in [5.41, 5.74) is 0.822. The molecular weight excluding hydrogens is 184 g/mol. The number of thiocarbonyl (C=S) groups is 1. The van der Waals surface area contributed by atoms with Gasteiger partial charge in [0.2, 0.25) is 0 Å². The van der Waals surface area contributed by atoms with Crippen LogP contribution in [0.4, 0.5) is 0 Å². The first-order valence-corrected chi connectivity index (χ1v) is 3.93. The molecule has 0 radical (unpaired) electrons. The lowest BCUT2D eigenvalue weighted by molar-refractivity contribution is 1.68. The lowest BCUT2D eigenvalue weighted by Gasteiger charge is -1.97. The van der Waals surface area contributed by atoms with Gasteiger partial charge < -0.3 is 0 Å². The first-order chi connectivity index (χ1) is 4.72. The monoisotopic (exact) mass is 188 g/mol. The van der Waals surface area contributed by atoms with Gasteiger partial charge in [-0.1, -0.05) is 42.0 Å². The van der Waals surface area contributed by atoms with Crippen molar-refractivity contribution >= 4 is 40.6 Å². The van der Waals surface area contributed by atoms with Crippen molar-refractivity contribution in [3.8, 4) is 0 Å². The Balaban J connectivity index is 3.15. The van der Waals surface area contributed by atoms with Crippen molar-refractivity contribution in [3.05, 3.63) is 34.9 Å². The minimum atomic E-state index is 0.533. The van der Waals surface area contributed by atoms with Crippen LogP contribution in [-0.4, -0.2) is 4.20 Å². The smallest absolute Gasteiger partial charge is 0.0762 e. The summed E-state index contributed by atoms with van der Waals surface area (Å²) < 4.78 is 0.533. The van der Waals surface area contributed by atoms with Gasteiger partial charge in [-0.3, -0.25) is 0 Å². The van der Waals surface area contributed by atoms with E-state index in [1.807, 2.05) is 18.2 Å². The van der Waals surface area contributed by atoms with Crippen molar-refractivity contribution in [2.45, 2.75) is 0 Å². The number of rotatable bonds is 1. The van der Waals surface area contributed by atoms with Crippen molar-refractivity contribution in [1.82, 2.24) is 0 Å². The molecule has 0 aliphatic rings. The van der Waals surface area contributed by atoms with Crippen LogP contribution in [0.5, 0.6) is 0 Å². The molecule has 10 heavy (non-hydrogen) atoms. The molecule has 0 atom stereocenters. The number of hydrogen-bond acceptors (Lipinski definition) is 1. The third-order valence-corrected chi connectivity index (χ3v) is 1.89. The average molecular weight is 189 g/mol.